The number of hydrogen-bond acceptors (Lipinski definition) is 1. The second-order valence-corrected chi connectivity index (χ2v) is 3.28. The zero-order chi connectivity index (χ0) is 8.72. The molecule has 0 bridgehead atoms. The molecule has 0 saturated heterocycles. The Bertz CT molecular complexity index is 427. The van der Waals surface area contributed by atoms with Crippen LogP contribution in [0, 0.1) is 20.8 Å². The summed E-state index contributed by atoms with van der Waals surface area (Å²) in [6.07, 6.45) is 2.11. The molecule has 0 aliphatic heterocycles. The molecule has 0 N–H and O–H groups in total. The van der Waals surface area contributed by atoms with Crippen LogP contribution >= 0.6 is 0 Å². The molecule has 62 valence electrons. The number of aryl methyl sites for hydroxylation is 3. The van der Waals surface area contributed by atoms with Gasteiger partial charge in [-0.25, -0.2) is 4.98 Å². The van der Waals surface area contributed by atoms with E-state index in [4.69, 9.17) is 0 Å². The van der Waals surface area contributed by atoms with Crippen molar-refractivity contribution in [2.24, 2.45) is 0 Å². The maximum Gasteiger partial charge on any atom is 0.137 e. The predicted molar refractivity (Wildman–Crippen MR) is 49.4 cm³/mol. The number of aromatic nitrogens is 2. The van der Waals surface area contributed by atoms with Gasteiger partial charge in [0, 0.05) is 17.6 Å². The van der Waals surface area contributed by atoms with Gasteiger partial charge in [-0.05, 0) is 38.5 Å². The quantitative estimate of drug-likeness (QED) is 0.577. The molecule has 0 saturated carbocycles. The van der Waals surface area contributed by atoms with E-state index in [0.29, 0.717) is 0 Å². The third kappa shape index (κ3) is 0.998. The average molecular weight is 160 g/mol. The summed E-state index contributed by atoms with van der Waals surface area (Å²) in [5.41, 5.74) is 4.63. The van der Waals surface area contributed by atoms with Gasteiger partial charge >= 0.3 is 0 Å². The van der Waals surface area contributed by atoms with Gasteiger partial charge in [0.15, 0.2) is 0 Å². The van der Waals surface area contributed by atoms with Crippen LogP contribution in [-0.2, 0) is 0 Å². The molecular weight excluding hydrogens is 148 g/mol. The molecule has 2 heterocycles. The van der Waals surface area contributed by atoms with E-state index in [1.165, 1.54) is 11.3 Å². The highest BCUT2D eigenvalue weighted by atomic mass is 15.0. The lowest BCUT2D eigenvalue weighted by Gasteiger charge is -2.00. The van der Waals surface area contributed by atoms with E-state index in [2.05, 4.69) is 41.6 Å². The van der Waals surface area contributed by atoms with Crippen LogP contribution < -0.4 is 0 Å². The van der Waals surface area contributed by atoms with Crippen molar-refractivity contribution < 1.29 is 0 Å². The first kappa shape index (κ1) is 7.35. The Morgan fingerprint density at radius 2 is 1.92 bits per heavy atom. The van der Waals surface area contributed by atoms with Gasteiger partial charge in [-0.2, -0.15) is 0 Å². The Morgan fingerprint density at radius 3 is 2.67 bits per heavy atom. The summed E-state index contributed by atoms with van der Waals surface area (Å²) in [6, 6.07) is 4.19. The van der Waals surface area contributed by atoms with E-state index in [1.807, 2.05) is 6.92 Å². The van der Waals surface area contributed by atoms with Crippen molar-refractivity contribution in [3.8, 4) is 0 Å². The van der Waals surface area contributed by atoms with Gasteiger partial charge < -0.3 is 4.40 Å². The smallest absolute Gasteiger partial charge is 0.137 e. The monoisotopic (exact) mass is 160 g/mol. The predicted octanol–water partition coefficient (Wildman–Crippen LogP) is 2.26. The lowest BCUT2D eigenvalue weighted by atomic mass is 10.3. The normalized spacial score (nSPS) is 10.9. The van der Waals surface area contributed by atoms with E-state index >= 15 is 0 Å². The molecule has 0 amide bonds. The molecule has 0 spiro atoms. The molecule has 2 rings (SSSR count). The largest absolute Gasteiger partial charge is 0.306 e. The fraction of sp³-hybridized carbons (Fsp3) is 0.300. The molecule has 0 aliphatic carbocycles. The third-order valence-corrected chi connectivity index (χ3v) is 2.02. The molecule has 12 heavy (non-hydrogen) atoms. The topological polar surface area (TPSA) is 17.3 Å². The first-order chi connectivity index (χ1) is 5.66. The van der Waals surface area contributed by atoms with Crippen molar-refractivity contribution in [1.82, 2.24) is 9.38 Å². The lowest BCUT2D eigenvalue weighted by molar-refractivity contribution is 1.03. The molecule has 0 unspecified atom stereocenters. The van der Waals surface area contributed by atoms with Crippen molar-refractivity contribution in [3.63, 3.8) is 0 Å². The van der Waals surface area contributed by atoms with Crippen molar-refractivity contribution >= 4 is 5.65 Å². The van der Waals surface area contributed by atoms with Gasteiger partial charge in [-0.3, -0.25) is 0 Å². The van der Waals surface area contributed by atoms with Gasteiger partial charge in [-0.15, -0.1) is 0 Å². The first-order valence-corrected chi connectivity index (χ1v) is 4.10. The SMILES string of the molecule is Cc1cc2nc(C)cc(C)n2c1. The van der Waals surface area contributed by atoms with Crippen molar-refractivity contribution in [2.75, 3.05) is 0 Å². The minimum atomic E-state index is 1.05. The molecule has 2 heteroatoms. The Balaban J connectivity index is 2.88. The van der Waals surface area contributed by atoms with E-state index in [1.54, 1.807) is 0 Å². The Labute approximate surface area is 71.9 Å². The number of rotatable bonds is 0. The van der Waals surface area contributed by atoms with E-state index in [0.717, 1.165) is 11.3 Å². The van der Waals surface area contributed by atoms with Gasteiger partial charge in [0.05, 0.1) is 0 Å². The van der Waals surface area contributed by atoms with E-state index < -0.39 is 0 Å². The maximum atomic E-state index is 4.42. The van der Waals surface area contributed by atoms with Crippen molar-refractivity contribution in [2.45, 2.75) is 20.8 Å². The fourth-order valence-corrected chi connectivity index (χ4v) is 1.53. The highest BCUT2D eigenvalue weighted by Gasteiger charge is 1.99. The van der Waals surface area contributed by atoms with Crippen LogP contribution in [0.1, 0.15) is 17.0 Å². The Hall–Kier alpha value is -1.31. The van der Waals surface area contributed by atoms with E-state index in [9.17, 15) is 0 Å². The summed E-state index contributed by atoms with van der Waals surface area (Å²) in [7, 11) is 0. The second-order valence-electron chi connectivity index (χ2n) is 3.28. The molecule has 0 aromatic carbocycles. The zero-order valence-electron chi connectivity index (χ0n) is 7.63. The molecule has 0 fully saturated rings. The lowest BCUT2D eigenvalue weighted by Crippen LogP contribution is -1.93. The summed E-state index contributed by atoms with van der Waals surface area (Å²) in [5, 5.41) is 0. The standard InChI is InChI=1S/C10H12N2/c1-7-4-10-11-8(2)5-9(3)12(10)6-7/h4-6H,1-3H3. The third-order valence-electron chi connectivity index (χ3n) is 2.02. The highest BCUT2D eigenvalue weighted by Crippen LogP contribution is 2.10. The minimum Gasteiger partial charge on any atom is -0.306 e. The van der Waals surface area contributed by atoms with Crippen LogP contribution in [0.4, 0.5) is 0 Å². The molecule has 0 aliphatic rings. The summed E-state index contributed by atoms with van der Waals surface area (Å²) < 4.78 is 2.11. The van der Waals surface area contributed by atoms with Crippen molar-refractivity contribution in [3.05, 3.63) is 35.3 Å². The Kier molecular flexibility index (Phi) is 1.43. The van der Waals surface area contributed by atoms with Gasteiger partial charge in [0.25, 0.3) is 0 Å². The minimum absolute atomic E-state index is 1.05. The molecule has 2 nitrogen and oxygen atoms in total. The summed E-state index contributed by atoms with van der Waals surface area (Å²) in [4.78, 5) is 4.42. The number of nitrogens with zero attached hydrogens (tertiary/aromatic N) is 2. The van der Waals surface area contributed by atoms with Crippen molar-refractivity contribution in [1.29, 1.82) is 0 Å². The van der Waals surface area contributed by atoms with Crippen LogP contribution in [0.5, 0.6) is 0 Å². The van der Waals surface area contributed by atoms with Crippen LogP contribution in [-0.4, -0.2) is 9.38 Å². The number of fused-ring (bicyclic) bond motifs is 1. The van der Waals surface area contributed by atoms with Crippen LogP contribution in [0.15, 0.2) is 18.3 Å². The molecular formula is C10H12N2. The molecule has 0 atom stereocenters. The summed E-state index contributed by atoms with van der Waals surface area (Å²) >= 11 is 0. The zero-order valence-corrected chi connectivity index (χ0v) is 7.63. The highest BCUT2D eigenvalue weighted by molar-refractivity contribution is 5.44. The molecule has 0 radical (unpaired) electrons. The first-order valence-electron chi connectivity index (χ1n) is 4.10. The average Bonchev–Trinajstić information content (AvgIpc) is 2.29. The second kappa shape index (κ2) is 2.34. The fourth-order valence-electron chi connectivity index (χ4n) is 1.53. The van der Waals surface area contributed by atoms with Gasteiger partial charge in [-0.1, -0.05) is 0 Å². The molecule has 2 aromatic heterocycles. The van der Waals surface area contributed by atoms with Crippen LogP contribution in [0.2, 0.25) is 0 Å². The maximum absolute atomic E-state index is 4.42. The van der Waals surface area contributed by atoms with Crippen LogP contribution in [0.3, 0.4) is 0 Å². The van der Waals surface area contributed by atoms with Crippen LogP contribution in [0.25, 0.3) is 5.65 Å². The summed E-state index contributed by atoms with van der Waals surface area (Å²) in [6.45, 7) is 6.21. The Morgan fingerprint density at radius 1 is 1.17 bits per heavy atom. The molecule has 2 aromatic rings. The van der Waals surface area contributed by atoms with E-state index in [-0.39, 0.29) is 0 Å². The summed E-state index contributed by atoms with van der Waals surface area (Å²) in [5.74, 6) is 0. The number of hydrogen-bond donors (Lipinski definition) is 0. The van der Waals surface area contributed by atoms with Gasteiger partial charge in [0.1, 0.15) is 5.65 Å². The van der Waals surface area contributed by atoms with Gasteiger partial charge in [0.2, 0.25) is 0 Å².